The second kappa shape index (κ2) is 5.32. The van der Waals surface area contributed by atoms with Gasteiger partial charge in [-0.3, -0.25) is 4.57 Å². The lowest BCUT2D eigenvalue weighted by molar-refractivity contribution is -0.893. The molecule has 2 aromatic rings. The van der Waals surface area contributed by atoms with E-state index in [1.165, 1.54) is 4.57 Å². The summed E-state index contributed by atoms with van der Waals surface area (Å²) in [6.07, 6.45) is 1.38. The van der Waals surface area contributed by atoms with E-state index in [1.807, 2.05) is 6.92 Å². The van der Waals surface area contributed by atoms with Gasteiger partial charge in [0.2, 0.25) is 0 Å². The maximum absolute atomic E-state index is 5.90. The van der Waals surface area contributed by atoms with Gasteiger partial charge in [0.05, 0.1) is 34.6 Å². The summed E-state index contributed by atoms with van der Waals surface area (Å²) in [5.74, 6) is 3.23. The van der Waals surface area contributed by atoms with Crippen molar-refractivity contribution in [2.24, 2.45) is 0 Å². The van der Waals surface area contributed by atoms with Crippen LogP contribution in [0.2, 0.25) is 0 Å². The molecule has 0 aliphatic carbocycles. The molecule has 0 aliphatic rings. The molecule has 0 aromatic carbocycles. The van der Waals surface area contributed by atoms with Crippen LogP contribution in [0, 0.1) is 14.0 Å². The number of hydrogen-bond donors (Lipinski definition) is 0. The quantitative estimate of drug-likeness (QED) is 0.747. The number of nitrogens with zero attached hydrogens (tertiary/aromatic N) is 7. The third-order valence-electron chi connectivity index (χ3n) is 3.04. The molecule has 0 fully saturated rings. The van der Waals surface area contributed by atoms with Crippen LogP contribution in [0.4, 0.5) is 0 Å². The minimum absolute atomic E-state index is 0.532. The summed E-state index contributed by atoms with van der Waals surface area (Å²) in [6.45, 7) is 4.71. The number of aryl methyl sites for hydroxylation is 2. The summed E-state index contributed by atoms with van der Waals surface area (Å²) in [7, 11) is 12.3. The molecule has 0 N–H and O–H groups in total. The highest BCUT2D eigenvalue weighted by Gasteiger charge is 2.19. The van der Waals surface area contributed by atoms with Gasteiger partial charge in [0.25, 0.3) is 0 Å². The molecule has 7 nitrogen and oxygen atoms in total. The molecule has 0 bridgehead atoms. The minimum atomic E-state index is 0.532. The molecule has 7 heteroatoms. The van der Waals surface area contributed by atoms with E-state index in [4.69, 9.17) is 7.05 Å². The van der Waals surface area contributed by atoms with Gasteiger partial charge in [-0.15, -0.1) is 20.4 Å². The molecule has 0 spiro atoms. The summed E-state index contributed by atoms with van der Waals surface area (Å²) in [5, 5.41) is 16.6. The molecule has 0 amide bonds. The van der Waals surface area contributed by atoms with Gasteiger partial charge in [-0.25, -0.2) is 0 Å². The van der Waals surface area contributed by atoms with Crippen molar-refractivity contribution in [3.05, 3.63) is 30.3 Å². The molecule has 20 heavy (non-hydrogen) atoms. The van der Waals surface area contributed by atoms with Gasteiger partial charge in [0.1, 0.15) is 23.3 Å². The summed E-state index contributed by atoms with van der Waals surface area (Å²) in [5.41, 5.74) is 0. The minimum Gasteiger partial charge on any atom is -0.313 e. The second-order valence-electron chi connectivity index (χ2n) is 5.96. The summed E-state index contributed by atoms with van der Waals surface area (Å²) in [6, 6.07) is 0. The Kier molecular flexibility index (Phi) is 3.89. The lowest BCUT2D eigenvalue weighted by atomic mass is 10.3. The first-order valence-corrected chi connectivity index (χ1v) is 6.69. The molecule has 0 atom stereocenters. The predicted molar refractivity (Wildman–Crippen MR) is 74.7 cm³/mol. The van der Waals surface area contributed by atoms with Crippen molar-refractivity contribution in [1.29, 1.82) is 0 Å². The molecule has 2 aromatic heterocycles. The van der Waals surface area contributed by atoms with Crippen molar-refractivity contribution < 1.29 is 4.48 Å². The molecule has 2 heterocycles. The Bertz CT molecular complexity index is 588. The van der Waals surface area contributed by atoms with E-state index in [0.717, 1.165) is 29.2 Å². The zero-order valence-electron chi connectivity index (χ0n) is 12.8. The normalized spacial score (nSPS) is 12.1. The third kappa shape index (κ3) is 3.04. The third-order valence-corrected chi connectivity index (χ3v) is 3.04. The number of quaternary nitrogens is 1. The fraction of sp³-hybridized carbons (Fsp3) is 0.615. The van der Waals surface area contributed by atoms with Crippen LogP contribution in [0.5, 0.6) is 0 Å². The highest BCUT2D eigenvalue weighted by molar-refractivity contribution is 5.06. The first-order valence-electron chi connectivity index (χ1n) is 6.69. The Labute approximate surface area is 119 Å². The van der Waals surface area contributed by atoms with E-state index >= 15 is 0 Å². The second-order valence-corrected chi connectivity index (χ2v) is 5.96. The van der Waals surface area contributed by atoms with Crippen molar-refractivity contribution >= 4 is 0 Å². The lowest BCUT2D eigenvalue weighted by Crippen LogP contribution is -2.37. The summed E-state index contributed by atoms with van der Waals surface area (Å²) in [4.78, 5) is 0. The van der Waals surface area contributed by atoms with Crippen LogP contribution in [-0.2, 0) is 19.5 Å². The Balaban J connectivity index is 2.32. The van der Waals surface area contributed by atoms with Crippen LogP contribution in [0.1, 0.15) is 30.2 Å². The largest absolute Gasteiger partial charge is 0.313 e. The van der Waals surface area contributed by atoms with E-state index in [2.05, 4.69) is 53.0 Å². The van der Waals surface area contributed by atoms with Crippen LogP contribution < -0.4 is 0 Å². The smallest absolute Gasteiger partial charge is 0.160 e. The van der Waals surface area contributed by atoms with Crippen molar-refractivity contribution in [3.8, 4) is 0 Å². The van der Waals surface area contributed by atoms with E-state index in [1.54, 1.807) is 0 Å². The molecule has 0 aliphatic heterocycles. The Morgan fingerprint density at radius 1 is 1.00 bits per heavy atom. The van der Waals surface area contributed by atoms with Gasteiger partial charge in [-0.1, -0.05) is 6.92 Å². The fourth-order valence-corrected chi connectivity index (χ4v) is 2.03. The first-order chi connectivity index (χ1) is 9.31. The van der Waals surface area contributed by atoms with Crippen molar-refractivity contribution in [1.82, 2.24) is 29.5 Å². The van der Waals surface area contributed by atoms with Crippen molar-refractivity contribution in [2.45, 2.75) is 33.4 Å². The van der Waals surface area contributed by atoms with E-state index in [9.17, 15) is 0 Å². The van der Waals surface area contributed by atoms with Crippen LogP contribution in [0.3, 0.4) is 0 Å². The fourth-order valence-electron chi connectivity index (χ4n) is 2.03. The monoisotopic (exact) mass is 276 g/mol. The number of aromatic nitrogens is 6. The van der Waals surface area contributed by atoms with Crippen molar-refractivity contribution in [3.63, 3.8) is 0 Å². The zero-order valence-corrected chi connectivity index (χ0v) is 12.8. The Hall–Kier alpha value is -1.76. The highest BCUT2D eigenvalue weighted by atomic mass is 15.4. The standard InChI is InChI=1S/C13H22N7/c1-7-11-15-17-13(19(11)9-20(4,5)6)8-12-16-14-10(2)18(12)3/h3H,7-9H2,1-2,4-6H3/q+1. The van der Waals surface area contributed by atoms with Gasteiger partial charge >= 0.3 is 0 Å². The molecule has 0 unspecified atom stereocenters. The lowest BCUT2D eigenvalue weighted by Gasteiger charge is -2.25. The Morgan fingerprint density at radius 3 is 2.10 bits per heavy atom. The first kappa shape index (κ1) is 14.6. The molecule has 2 radical (unpaired) electrons. The van der Waals surface area contributed by atoms with Crippen LogP contribution in [0.25, 0.3) is 0 Å². The van der Waals surface area contributed by atoms with E-state index in [0.29, 0.717) is 18.1 Å². The molecule has 2 rings (SSSR count). The Morgan fingerprint density at radius 2 is 1.60 bits per heavy atom. The zero-order chi connectivity index (χ0) is 14.9. The average Bonchev–Trinajstić information content (AvgIpc) is 2.86. The molecule has 0 saturated heterocycles. The van der Waals surface area contributed by atoms with Gasteiger partial charge in [-0.2, -0.15) is 0 Å². The highest BCUT2D eigenvalue weighted by Crippen LogP contribution is 2.11. The van der Waals surface area contributed by atoms with Crippen molar-refractivity contribution in [2.75, 3.05) is 21.1 Å². The van der Waals surface area contributed by atoms with E-state index in [-0.39, 0.29) is 0 Å². The predicted octanol–water partition coefficient (Wildman–Crippen LogP) is 0.512. The van der Waals surface area contributed by atoms with E-state index < -0.39 is 0 Å². The maximum Gasteiger partial charge on any atom is 0.160 e. The molecule has 0 saturated carbocycles. The van der Waals surface area contributed by atoms with Crippen LogP contribution >= 0.6 is 0 Å². The van der Waals surface area contributed by atoms with Gasteiger partial charge in [-0.05, 0) is 6.92 Å². The van der Waals surface area contributed by atoms with Gasteiger partial charge in [0.15, 0.2) is 6.67 Å². The SMILES string of the molecule is [CH]n1c(C)nnc1Cc1nnc(CC)n1C[N+](C)(C)C. The average molecular weight is 276 g/mol. The van der Waals surface area contributed by atoms with Gasteiger partial charge in [0, 0.05) is 6.42 Å². The molecule has 108 valence electrons. The number of hydrogen-bond acceptors (Lipinski definition) is 4. The molecular weight excluding hydrogens is 254 g/mol. The van der Waals surface area contributed by atoms with Gasteiger partial charge < -0.3 is 9.05 Å². The topological polar surface area (TPSA) is 61.4 Å². The summed E-state index contributed by atoms with van der Waals surface area (Å²) < 4.78 is 4.44. The number of rotatable bonds is 5. The maximum atomic E-state index is 5.90. The summed E-state index contributed by atoms with van der Waals surface area (Å²) >= 11 is 0. The van der Waals surface area contributed by atoms with Crippen LogP contribution in [0.15, 0.2) is 0 Å². The molecular formula is C13H22N7+. The van der Waals surface area contributed by atoms with Crippen LogP contribution in [-0.4, -0.2) is 55.2 Å².